The predicted octanol–water partition coefficient (Wildman–Crippen LogP) is 2.38. The van der Waals surface area contributed by atoms with Crippen molar-refractivity contribution >= 4 is 11.9 Å². The van der Waals surface area contributed by atoms with E-state index in [-0.39, 0.29) is 18.9 Å². The molecule has 1 unspecified atom stereocenters. The molecule has 1 atom stereocenters. The molecule has 0 saturated heterocycles. The van der Waals surface area contributed by atoms with Crippen LogP contribution in [0, 0.1) is 12.3 Å². The summed E-state index contributed by atoms with van der Waals surface area (Å²) in [4.78, 5) is 23.0. The van der Waals surface area contributed by atoms with Gasteiger partial charge >= 0.3 is 5.97 Å². The maximum atomic E-state index is 11.8. The number of nitrogens with one attached hydrogen (secondary N) is 1. The van der Waals surface area contributed by atoms with Crippen molar-refractivity contribution in [2.45, 2.75) is 40.2 Å². The highest BCUT2D eigenvalue weighted by Crippen LogP contribution is 2.20. The molecule has 0 bridgehead atoms. The van der Waals surface area contributed by atoms with Gasteiger partial charge in [-0.2, -0.15) is 0 Å². The number of hydrogen-bond acceptors (Lipinski definition) is 3. The van der Waals surface area contributed by atoms with Crippen molar-refractivity contribution < 1.29 is 19.4 Å². The molecule has 1 amide bonds. The van der Waals surface area contributed by atoms with Gasteiger partial charge in [-0.05, 0) is 24.0 Å². The Morgan fingerprint density at radius 3 is 2.43 bits per heavy atom. The monoisotopic (exact) mass is 293 g/mol. The molecule has 0 radical (unpaired) electrons. The second-order valence-electron chi connectivity index (χ2n) is 6.07. The van der Waals surface area contributed by atoms with E-state index in [2.05, 4.69) is 5.32 Å². The molecule has 1 aromatic rings. The summed E-state index contributed by atoms with van der Waals surface area (Å²) in [7, 11) is 0. The summed E-state index contributed by atoms with van der Waals surface area (Å²) >= 11 is 0. The van der Waals surface area contributed by atoms with Crippen molar-refractivity contribution in [3.05, 3.63) is 29.8 Å². The van der Waals surface area contributed by atoms with Crippen molar-refractivity contribution in [3.8, 4) is 5.75 Å². The minimum Gasteiger partial charge on any atom is -0.493 e. The molecule has 116 valence electrons. The van der Waals surface area contributed by atoms with E-state index in [0.29, 0.717) is 0 Å². The highest BCUT2D eigenvalue weighted by atomic mass is 16.5. The molecule has 0 heterocycles. The lowest BCUT2D eigenvalue weighted by atomic mass is 9.86. The topological polar surface area (TPSA) is 75.6 Å². The third-order valence-electron chi connectivity index (χ3n) is 3.10. The second kappa shape index (κ2) is 7.11. The van der Waals surface area contributed by atoms with Crippen LogP contribution in [0.15, 0.2) is 24.3 Å². The lowest BCUT2D eigenvalue weighted by Crippen LogP contribution is -2.49. The SMILES string of the molecule is Cc1ccccc1OCCC(=O)NC(C(=O)O)C(C)(C)C. The molecule has 0 saturated carbocycles. The van der Waals surface area contributed by atoms with Crippen molar-refractivity contribution in [1.29, 1.82) is 0 Å². The molecule has 2 N–H and O–H groups in total. The van der Waals surface area contributed by atoms with Crippen molar-refractivity contribution in [2.24, 2.45) is 5.41 Å². The van der Waals surface area contributed by atoms with Crippen LogP contribution in [0.25, 0.3) is 0 Å². The van der Waals surface area contributed by atoms with Crippen molar-refractivity contribution in [1.82, 2.24) is 5.32 Å². The number of carbonyl (C=O) groups is 2. The summed E-state index contributed by atoms with van der Waals surface area (Å²) in [6, 6.07) is 6.62. The Hall–Kier alpha value is -2.04. The third-order valence-corrected chi connectivity index (χ3v) is 3.10. The molecule has 1 rings (SSSR count). The van der Waals surface area contributed by atoms with E-state index in [9.17, 15) is 9.59 Å². The van der Waals surface area contributed by atoms with E-state index in [1.165, 1.54) is 0 Å². The molecule has 0 spiro atoms. The van der Waals surface area contributed by atoms with Gasteiger partial charge in [-0.25, -0.2) is 4.79 Å². The fraction of sp³-hybridized carbons (Fsp3) is 0.500. The average Bonchev–Trinajstić information content (AvgIpc) is 2.36. The Bertz CT molecular complexity index is 505. The summed E-state index contributed by atoms with van der Waals surface area (Å²) in [6.45, 7) is 7.46. The van der Waals surface area contributed by atoms with E-state index in [1.54, 1.807) is 20.8 Å². The van der Waals surface area contributed by atoms with Gasteiger partial charge in [-0.1, -0.05) is 39.0 Å². The van der Waals surface area contributed by atoms with Gasteiger partial charge in [0, 0.05) is 0 Å². The maximum absolute atomic E-state index is 11.8. The van der Waals surface area contributed by atoms with Crippen LogP contribution in [-0.4, -0.2) is 29.6 Å². The van der Waals surface area contributed by atoms with Crippen LogP contribution in [0.2, 0.25) is 0 Å². The van der Waals surface area contributed by atoms with Gasteiger partial charge in [0.05, 0.1) is 13.0 Å². The molecule has 21 heavy (non-hydrogen) atoms. The van der Waals surface area contributed by atoms with Crippen LogP contribution < -0.4 is 10.1 Å². The quantitative estimate of drug-likeness (QED) is 0.844. The molecule has 5 heteroatoms. The Balaban J connectivity index is 2.47. The number of amides is 1. The number of para-hydroxylation sites is 1. The first-order chi connectivity index (χ1) is 9.71. The van der Waals surface area contributed by atoms with Gasteiger partial charge in [-0.3, -0.25) is 4.79 Å². The summed E-state index contributed by atoms with van der Waals surface area (Å²) in [6.07, 6.45) is 0.119. The fourth-order valence-corrected chi connectivity index (χ4v) is 1.85. The van der Waals surface area contributed by atoms with E-state index in [0.717, 1.165) is 11.3 Å². The van der Waals surface area contributed by atoms with E-state index >= 15 is 0 Å². The van der Waals surface area contributed by atoms with Crippen molar-refractivity contribution in [3.63, 3.8) is 0 Å². The number of aliphatic carboxylic acids is 1. The van der Waals surface area contributed by atoms with E-state index in [4.69, 9.17) is 9.84 Å². The van der Waals surface area contributed by atoms with Gasteiger partial charge in [0.2, 0.25) is 5.91 Å². The molecule has 0 aliphatic heterocycles. The molecule has 5 nitrogen and oxygen atoms in total. The fourth-order valence-electron chi connectivity index (χ4n) is 1.85. The molecule has 0 aliphatic carbocycles. The van der Waals surface area contributed by atoms with Gasteiger partial charge in [0.1, 0.15) is 11.8 Å². The summed E-state index contributed by atoms with van der Waals surface area (Å²) in [5, 5.41) is 11.7. The van der Waals surface area contributed by atoms with E-state index in [1.807, 2.05) is 31.2 Å². The minimum absolute atomic E-state index is 0.119. The number of hydrogen-bond donors (Lipinski definition) is 2. The minimum atomic E-state index is -1.03. The number of carboxylic acids is 1. The third kappa shape index (κ3) is 5.45. The van der Waals surface area contributed by atoms with Gasteiger partial charge in [-0.15, -0.1) is 0 Å². The number of carboxylic acid groups (broad SMARTS) is 1. The van der Waals surface area contributed by atoms with E-state index < -0.39 is 17.4 Å². The zero-order valence-corrected chi connectivity index (χ0v) is 13.0. The lowest BCUT2D eigenvalue weighted by molar-refractivity contribution is -0.145. The molecule has 1 aromatic carbocycles. The van der Waals surface area contributed by atoms with Gasteiger partial charge in [0.15, 0.2) is 0 Å². The molecule has 0 fully saturated rings. The van der Waals surface area contributed by atoms with Gasteiger partial charge in [0.25, 0.3) is 0 Å². The highest BCUT2D eigenvalue weighted by Gasteiger charge is 2.32. The summed E-state index contributed by atoms with van der Waals surface area (Å²) in [5.41, 5.74) is 0.453. The zero-order chi connectivity index (χ0) is 16.0. The molecular formula is C16H23NO4. The molecule has 0 aliphatic rings. The highest BCUT2D eigenvalue weighted by molar-refractivity contribution is 5.84. The second-order valence-corrected chi connectivity index (χ2v) is 6.07. The van der Waals surface area contributed by atoms with Crippen LogP contribution in [0.1, 0.15) is 32.8 Å². The first-order valence-electron chi connectivity index (χ1n) is 6.92. The van der Waals surface area contributed by atoms with Crippen molar-refractivity contribution in [2.75, 3.05) is 6.61 Å². The number of carbonyl (C=O) groups excluding carboxylic acids is 1. The van der Waals surface area contributed by atoms with Crippen LogP contribution in [0.3, 0.4) is 0 Å². The largest absolute Gasteiger partial charge is 0.493 e. The van der Waals surface area contributed by atoms with Gasteiger partial charge < -0.3 is 15.2 Å². The smallest absolute Gasteiger partial charge is 0.326 e. The average molecular weight is 293 g/mol. The maximum Gasteiger partial charge on any atom is 0.326 e. The van der Waals surface area contributed by atoms with Crippen LogP contribution in [0.5, 0.6) is 5.75 Å². The first kappa shape index (κ1) is 17.0. The number of aryl methyl sites for hydroxylation is 1. The van der Waals surface area contributed by atoms with Crippen LogP contribution in [0.4, 0.5) is 0 Å². The summed E-state index contributed by atoms with van der Waals surface area (Å²) in [5.74, 6) is -0.627. The normalized spacial score (nSPS) is 12.6. The molecular weight excluding hydrogens is 270 g/mol. The molecule has 0 aromatic heterocycles. The number of ether oxygens (including phenoxy) is 1. The lowest BCUT2D eigenvalue weighted by Gasteiger charge is -2.27. The standard InChI is InChI=1S/C16H23NO4/c1-11-7-5-6-8-12(11)21-10-9-13(18)17-14(15(19)20)16(2,3)4/h5-8,14H,9-10H2,1-4H3,(H,17,18)(H,19,20). The Morgan fingerprint density at radius 1 is 1.29 bits per heavy atom. The first-order valence-corrected chi connectivity index (χ1v) is 6.92. The zero-order valence-electron chi connectivity index (χ0n) is 13.0. The summed E-state index contributed by atoms with van der Waals surface area (Å²) < 4.78 is 5.53. The Morgan fingerprint density at radius 2 is 1.90 bits per heavy atom. The Kier molecular flexibility index (Phi) is 5.76. The Labute approximate surface area is 125 Å². The predicted molar refractivity (Wildman–Crippen MR) is 80.3 cm³/mol. The van der Waals surface area contributed by atoms with Crippen LogP contribution >= 0.6 is 0 Å². The number of rotatable bonds is 6. The van der Waals surface area contributed by atoms with Crippen LogP contribution in [-0.2, 0) is 9.59 Å². The number of benzene rings is 1.